The summed E-state index contributed by atoms with van der Waals surface area (Å²) in [5, 5.41) is 3.66. The highest BCUT2D eigenvalue weighted by atomic mass is 32.1. The molecule has 2 bridgehead atoms. The molecule has 0 unspecified atom stereocenters. The largest absolute Gasteiger partial charge is 0.573 e. The van der Waals surface area contributed by atoms with E-state index in [9.17, 15) is 18.0 Å². The Kier molecular flexibility index (Phi) is 4.93. The van der Waals surface area contributed by atoms with Gasteiger partial charge in [-0.2, -0.15) is 0 Å². The Morgan fingerprint density at radius 1 is 1.28 bits per heavy atom. The molecule has 0 radical (unpaired) electrons. The number of nitrogens with zero attached hydrogens (tertiary/aromatic N) is 1. The molecular formula is C20H23F3N2O3S. The van der Waals surface area contributed by atoms with Gasteiger partial charge in [0.05, 0.1) is 16.7 Å². The molecule has 1 aromatic heterocycles. The minimum atomic E-state index is -4.85. The SMILES string of the molecule is COc1ccc2cc(C(=O)N[C@@H]3C4CCN(CC4)C3(C)C)sc2c1OC(F)(F)F. The monoisotopic (exact) mass is 428 g/mol. The second-order valence-electron chi connectivity index (χ2n) is 8.10. The van der Waals surface area contributed by atoms with Gasteiger partial charge in [-0.05, 0) is 69.3 Å². The van der Waals surface area contributed by atoms with E-state index in [0.29, 0.717) is 16.2 Å². The van der Waals surface area contributed by atoms with Gasteiger partial charge >= 0.3 is 6.36 Å². The number of fused-ring (bicyclic) bond motifs is 4. The van der Waals surface area contributed by atoms with Crippen LogP contribution in [0, 0.1) is 5.92 Å². The molecule has 158 valence electrons. The predicted molar refractivity (Wildman–Crippen MR) is 105 cm³/mol. The Hall–Kier alpha value is -2.00. The van der Waals surface area contributed by atoms with E-state index in [0.717, 1.165) is 37.3 Å². The number of piperidine rings is 3. The van der Waals surface area contributed by atoms with E-state index in [-0.39, 0.29) is 27.9 Å². The van der Waals surface area contributed by atoms with E-state index >= 15 is 0 Å². The fraction of sp³-hybridized carbons (Fsp3) is 0.550. The standard InChI is InChI=1S/C20H23F3N2O3S/c1-19(2)17(11-6-8-25(19)9-7-11)24-18(26)14-10-12-4-5-13(27-3)15(16(12)29-14)28-20(21,22)23/h4-5,10-11,17H,6-9H2,1-3H3,(H,24,26)/t17-/m1/s1. The topological polar surface area (TPSA) is 50.8 Å². The first-order valence-electron chi connectivity index (χ1n) is 9.52. The molecule has 29 heavy (non-hydrogen) atoms. The third-order valence-electron chi connectivity index (χ3n) is 6.14. The minimum Gasteiger partial charge on any atom is -0.493 e. The van der Waals surface area contributed by atoms with Gasteiger partial charge in [0.1, 0.15) is 0 Å². The van der Waals surface area contributed by atoms with Crippen LogP contribution in [0.5, 0.6) is 11.5 Å². The van der Waals surface area contributed by atoms with E-state index in [1.54, 1.807) is 12.1 Å². The fourth-order valence-electron chi connectivity index (χ4n) is 4.63. The molecule has 1 N–H and O–H groups in total. The Morgan fingerprint density at radius 3 is 2.55 bits per heavy atom. The number of carbonyl (C=O) groups is 1. The van der Waals surface area contributed by atoms with Gasteiger partial charge in [-0.15, -0.1) is 24.5 Å². The first-order valence-corrected chi connectivity index (χ1v) is 10.3. The van der Waals surface area contributed by atoms with Crippen LogP contribution in [0.3, 0.4) is 0 Å². The van der Waals surface area contributed by atoms with Crippen molar-refractivity contribution in [3.8, 4) is 11.5 Å². The number of thiophene rings is 1. The number of alkyl halides is 3. The highest BCUT2D eigenvalue weighted by Gasteiger charge is 2.48. The molecule has 2 aromatic rings. The van der Waals surface area contributed by atoms with Crippen LogP contribution in [0.25, 0.3) is 10.1 Å². The molecule has 5 rings (SSSR count). The molecule has 0 spiro atoms. The van der Waals surface area contributed by atoms with Crippen LogP contribution in [0.4, 0.5) is 13.2 Å². The molecule has 5 nitrogen and oxygen atoms in total. The van der Waals surface area contributed by atoms with Crippen molar-refractivity contribution >= 4 is 27.3 Å². The molecule has 1 amide bonds. The molecule has 3 aliphatic rings. The van der Waals surface area contributed by atoms with E-state index < -0.39 is 12.1 Å². The Morgan fingerprint density at radius 2 is 1.97 bits per heavy atom. The first-order chi connectivity index (χ1) is 13.6. The van der Waals surface area contributed by atoms with Gasteiger partial charge in [0, 0.05) is 11.6 Å². The number of halogens is 3. The third-order valence-corrected chi connectivity index (χ3v) is 7.29. The normalized spacial score (nSPS) is 25.8. The van der Waals surface area contributed by atoms with Crippen LogP contribution in [-0.4, -0.2) is 48.9 Å². The average Bonchev–Trinajstić information content (AvgIpc) is 3.09. The van der Waals surface area contributed by atoms with Crippen LogP contribution in [0.1, 0.15) is 36.4 Å². The summed E-state index contributed by atoms with van der Waals surface area (Å²) in [6.45, 7) is 6.33. The van der Waals surface area contributed by atoms with Gasteiger partial charge in [0.25, 0.3) is 5.91 Å². The highest BCUT2D eigenvalue weighted by Crippen LogP contribution is 2.43. The maximum absolute atomic E-state index is 13.0. The summed E-state index contributed by atoms with van der Waals surface area (Å²) in [4.78, 5) is 15.7. The van der Waals surface area contributed by atoms with Gasteiger partial charge < -0.3 is 14.8 Å². The molecular weight excluding hydrogens is 405 g/mol. The zero-order chi connectivity index (χ0) is 21.0. The van der Waals surface area contributed by atoms with Crippen molar-refractivity contribution < 1.29 is 27.4 Å². The number of hydrogen-bond donors (Lipinski definition) is 1. The summed E-state index contributed by atoms with van der Waals surface area (Å²) < 4.78 is 48.1. The van der Waals surface area contributed by atoms with Gasteiger partial charge in [-0.1, -0.05) is 0 Å². The summed E-state index contributed by atoms with van der Waals surface area (Å²) in [7, 11) is 1.28. The number of methoxy groups -OCH3 is 1. The summed E-state index contributed by atoms with van der Waals surface area (Å²) in [6, 6.07) is 4.65. The number of rotatable bonds is 4. The number of carbonyl (C=O) groups excluding carboxylic acids is 1. The lowest BCUT2D eigenvalue weighted by molar-refractivity contribution is -0.274. The first kappa shape index (κ1) is 20.3. The Labute approximate surface area is 170 Å². The maximum atomic E-state index is 13.0. The van der Waals surface area contributed by atoms with Gasteiger partial charge in [-0.25, -0.2) is 0 Å². The molecule has 0 aliphatic carbocycles. The van der Waals surface area contributed by atoms with E-state index in [4.69, 9.17) is 4.74 Å². The van der Waals surface area contributed by atoms with Crippen LogP contribution < -0.4 is 14.8 Å². The molecule has 0 saturated carbocycles. The zero-order valence-corrected chi connectivity index (χ0v) is 17.2. The summed E-state index contributed by atoms with van der Waals surface area (Å²) in [6.07, 6.45) is -2.77. The molecule has 1 aromatic carbocycles. The van der Waals surface area contributed by atoms with E-state index in [1.807, 2.05) is 0 Å². The quantitative estimate of drug-likeness (QED) is 0.784. The van der Waals surface area contributed by atoms with Crippen molar-refractivity contribution in [1.82, 2.24) is 10.2 Å². The number of hydrogen-bond acceptors (Lipinski definition) is 5. The van der Waals surface area contributed by atoms with E-state index in [1.165, 1.54) is 13.2 Å². The van der Waals surface area contributed by atoms with Crippen molar-refractivity contribution in [3.63, 3.8) is 0 Å². The van der Waals surface area contributed by atoms with Crippen molar-refractivity contribution in [1.29, 1.82) is 0 Å². The lowest BCUT2D eigenvalue weighted by Gasteiger charge is -2.56. The number of benzene rings is 1. The number of ether oxygens (including phenoxy) is 2. The Balaban J connectivity index is 1.64. The Bertz CT molecular complexity index is 933. The third kappa shape index (κ3) is 3.66. The smallest absolute Gasteiger partial charge is 0.493 e. The summed E-state index contributed by atoms with van der Waals surface area (Å²) >= 11 is 0.980. The molecule has 4 heterocycles. The van der Waals surface area contributed by atoms with Crippen LogP contribution in [0.2, 0.25) is 0 Å². The molecule has 1 atom stereocenters. The predicted octanol–water partition coefficient (Wildman–Crippen LogP) is 4.41. The molecule has 3 saturated heterocycles. The summed E-state index contributed by atoms with van der Waals surface area (Å²) in [5.74, 6) is -0.292. The molecule has 3 fully saturated rings. The van der Waals surface area contributed by atoms with Crippen molar-refractivity contribution in [2.45, 2.75) is 44.6 Å². The van der Waals surface area contributed by atoms with Gasteiger partial charge in [0.2, 0.25) is 0 Å². The van der Waals surface area contributed by atoms with Crippen molar-refractivity contribution in [3.05, 3.63) is 23.1 Å². The molecule has 3 aliphatic heterocycles. The minimum absolute atomic E-state index is 0.00291. The number of nitrogens with one attached hydrogen (secondary N) is 1. The summed E-state index contributed by atoms with van der Waals surface area (Å²) in [5.41, 5.74) is -0.152. The van der Waals surface area contributed by atoms with E-state index in [2.05, 4.69) is 28.8 Å². The zero-order valence-electron chi connectivity index (χ0n) is 16.4. The lowest BCUT2D eigenvalue weighted by Crippen LogP contribution is -2.69. The van der Waals surface area contributed by atoms with Gasteiger partial charge in [-0.3, -0.25) is 9.69 Å². The van der Waals surface area contributed by atoms with Crippen LogP contribution in [0.15, 0.2) is 18.2 Å². The highest BCUT2D eigenvalue weighted by molar-refractivity contribution is 7.21. The fourth-order valence-corrected chi connectivity index (χ4v) is 5.67. The van der Waals surface area contributed by atoms with Gasteiger partial charge in [0.15, 0.2) is 11.5 Å². The lowest BCUT2D eigenvalue weighted by atomic mass is 9.72. The second kappa shape index (κ2) is 7.05. The number of amides is 1. The van der Waals surface area contributed by atoms with Crippen molar-refractivity contribution in [2.75, 3.05) is 20.2 Å². The van der Waals surface area contributed by atoms with Crippen LogP contribution >= 0.6 is 11.3 Å². The second-order valence-corrected chi connectivity index (χ2v) is 9.16. The maximum Gasteiger partial charge on any atom is 0.573 e. The van der Waals surface area contributed by atoms with Crippen LogP contribution in [-0.2, 0) is 0 Å². The average molecular weight is 428 g/mol. The van der Waals surface area contributed by atoms with Crippen molar-refractivity contribution in [2.24, 2.45) is 5.92 Å². The molecule has 9 heteroatoms.